The van der Waals surface area contributed by atoms with E-state index in [1.54, 1.807) is 0 Å². The summed E-state index contributed by atoms with van der Waals surface area (Å²) >= 11 is 0. The van der Waals surface area contributed by atoms with Crippen molar-refractivity contribution in [3.63, 3.8) is 0 Å². The van der Waals surface area contributed by atoms with Gasteiger partial charge in [0.2, 0.25) is 5.71 Å². The summed E-state index contributed by atoms with van der Waals surface area (Å²) in [6.07, 6.45) is 3.74. The van der Waals surface area contributed by atoms with Crippen LogP contribution in [-0.4, -0.2) is 19.5 Å². The van der Waals surface area contributed by atoms with Crippen LogP contribution in [0.15, 0.2) is 108 Å². The van der Waals surface area contributed by atoms with E-state index in [2.05, 4.69) is 116 Å². The molecule has 0 fully saturated rings. The summed E-state index contributed by atoms with van der Waals surface area (Å²) in [6.45, 7) is 11.1. The lowest BCUT2D eigenvalue weighted by atomic mass is 9.87. The topological polar surface area (TPSA) is 56.7 Å². The monoisotopic (exact) mass is 586 g/mol. The van der Waals surface area contributed by atoms with E-state index in [0.717, 1.165) is 44.5 Å². The maximum atomic E-state index is 6.47. The van der Waals surface area contributed by atoms with Crippen LogP contribution in [0.4, 0.5) is 0 Å². The summed E-state index contributed by atoms with van der Waals surface area (Å²) in [7, 11) is 0. The average Bonchev–Trinajstić information content (AvgIpc) is 3.61. The Morgan fingerprint density at radius 2 is 1.40 bits per heavy atom. The third-order valence-corrected chi connectivity index (χ3v) is 8.91. The van der Waals surface area contributed by atoms with Gasteiger partial charge >= 0.3 is 0 Å². The van der Waals surface area contributed by atoms with Gasteiger partial charge in [0.15, 0.2) is 11.4 Å². The Hall–Kier alpha value is -5.29. The number of furan rings is 1. The zero-order valence-corrected chi connectivity index (χ0v) is 26.2. The summed E-state index contributed by atoms with van der Waals surface area (Å²) in [5.41, 5.74) is 11.3. The number of benzene rings is 4. The molecule has 8 aromatic rings. The minimum absolute atomic E-state index is 0.263. The molecule has 0 atom stereocenters. The predicted molar refractivity (Wildman–Crippen MR) is 185 cm³/mol. The van der Waals surface area contributed by atoms with Crippen LogP contribution < -0.4 is 0 Å². The Labute approximate surface area is 262 Å². The Morgan fingerprint density at radius 1 is 0.667 bits per heavy atom. The van der Waals surface area contributed by atoms with Crippen LogP contribution in [0.25, 0.3) is 72.1 Å². The normalized spacial score (nSPS) is 12.1. The van der Waals surface area contributed by atoms with Crippen LogP contribution in [-0.2, 0) is 0 Å². The van der Waals surface area contributed by atoms with E-state index < -0.39 is 0 Å². The van der Waals surface area contributed by atoms with Crippen LogP contribution in [0.1, 0.15) is 56.4 Å². The van der Waals surface area contributed by atoms with Crippen LogP contribution in [0.2, 0.25) is 0 Å². The second-order valence-electron chi connectivity index (χ2n) is 12.6. The Bertz CT molecular complexity index is 2380. The van der Waals surface area contributed by atoms with Gasteiger partial charge in [-0.05, 0) is 94.3 Å². The molecular weight excluding hydrogens is 552 g/mol. The van der Waals surface area contributed by atoms with Crippen molar-refractivity contribution in [3.8, 4) is 28.2 Å². The number of nitrogens with zero attached hydrogens (tertiary/aromatic N) is 4. The molecule has 0 radical (unpaired) electrons. The lowest BCUT2D eigenvalue weighted by Crippen LogP contribution is -2.09. The van der Waals surface area contributed by atoms with Crippen LogP contribution in [0, 0.1) is 6.92 Å². The molecule has 45 heavy (non-hydrogen) atoms. The molecule has 0 aliphatic heterocycles. The fourth-order valence-electron chi connectivity index (χ4n) is 6.61. The first kappa shape index (κ1) is 27.3. The van der Waals surface area contributed by atoms with E-state index in [1.807, 2.05) is 31.5 Å². The van der Waals surface area contributed by atoms with E-state index in [4.69, 9.17) is 14.4 Å². The second-order valence-corrected chi connectivity index (χ2v) is 12.6. The van der Waals surface area contributed by atoms with Crippen LogP contribution in [0.3, 0.4) is 0 Å². The highest BCUT2D eigenvalue weighted by Crippen LogP contribution is 2.42. The summed E-state index contributed by atoms with van der Waals surface area (Å²) in [5, 5.41) is 4.39. The molecule has 0 amide bonds. The summed E-state index contributed by atoms with van der Waals surface area (Å²) in [5.74, 6) is 1.34. The SMILES string of the molecule is Cc1ccc2c(n1)oc1c(-c3nc4ccccc4n3-c3c(C(C)C)cc(-c4ccc5ccccc5c4)cc3C(C)C)cncc12. The van der Waals surface area contributed by atoms with Crippen molar-refractivity contribution in [1.82, 2.24) is 19.5 Å². The van der Waals surface area contributed by atoms with Gasteiger partial charge in [-0.15, -0.1) is 0 Å². The lowest BCUT2D eigenvalue weighted by Gasteiger charge is -2.24. The zero-order valence-electron chi connectivity index (χ0n) is 26.2. The molecule has 4 aromatic carbocycles. The van der Waals surface area contributed by atoms with Crippen molar-refractivity contribution >= 4 is 43.9 Å². The molecule has 220 valence electrons. The molecule has 0 saturated carbocycles. The first-order chi connectivity index (χ1) is 21.9. The molecule has 0 aliphatic carbocycles. The number of aromatic nitrogens is 4. The number of rotatable bonds is 5. The molecule has 0 N–H and O–H groups in total. The van der Waals surface area contributed by atoms with Gasteiger partial charge in [-0.25, -0.2) is 9.97 Å². The third-order valence-electron chi connectivity index (χ3n) is 8.91. The third kappa shape index (κ3) is 4.41. The van der Waals surface area contributed by atoms with Crippen molar-refractivity contribution in [2.45, 2.75) is 46.5 Å². The van der Waals surface area contributed by atoms with Crippen molar-refractivity contribution in [2.75, 3.05) is 0 Å². The number of pyridine rings is 2. The van der Waals surface area contributed by atoms with E-state index in [1.165, 1.54) is 38.7 Å². The Balaban J connectivity index is 1.44. The number of hydrogen-bond acceptors (Lipinski definition) is 4. The average molecular weight is 587 g/mol. The minimum atomic E-state index is 0.263. The molecule has 5 heteroatoms. The van der Waals surface area contributed by atoms with Gasteiger partial charge in [-0.3, -0.25) is 9.55 Å². The minimum Gasteiger partial charge on any atom is -0.437 e. The van der Waals surface area contributed by atoms with Gasteiger partial charge in [0, 0.05) is 28.9 Å². The first-order valence-electron chi connectivity index (χ1n) is 15.7. The number of hydrogen-bond donors (Lipinski definition) is 0. The van der Waals surface area contributed by atoms with Gasteiger partial charge in [0.05, 0.1) is 22.3 Å². The highest BCUT2D eigenvalue weighted by atomic mass is 16.3. The Kier molecular flexibility index (Phi) is 6.31. The van der Waals surface area contributed by atoms with Crippen molar-refractivity contribution < 1.29 is 4.42 Å². The molecule has 4 aromatic heterocycles. The maximum absolute atomic E-state index is 6.47. The summed E-state index contributed by atoms with van der Waals surface area (Å²) < 4.78 is 8.81. The van der Waals surface area contributed by atoms with Gasteiger partial charge in [0.25, 0.3) is 0 Å². The fourth-order valence-corrected chi connectivity index (χ4v) is 6.61. The molecular formula is C40H34N4O. The molecule has 0 saturated heterocycles. The lowest BCUT2D eigenvalue weighted by molar-refractivity contribution is 0.652. The van der Waals surface area contributed by atoms with Crippen LogP contribution >= 0.6 is 0 Å². The summed E-state index contributed by atoms with van der Waals surface area (Å²) in [6, 6.07) is 32.5. The van der Waals surface area contributed by atoms with Gasteiger partial charge < -0.3 is 4.42 Å². The number of imidazole rings is 1. The smallest absolute Gasteiger partial charge is 0.227 e. The fraction of sp³-hybridized carbons (Fsp3) is 0.175. The zero-order chi connectivity index (χ0) is 30.8. The largest absolute Gasteiger partial charge is 0.437 e. The number of fused-ring (bicyclic) bond motifs is 5. The first-order valence-corrected chi connectivity index (χ1v) is 15.7. The van der Waals surface area contributed by atoms with Crippen molar-refractivity contribution in [3.05, 3.63) is 120 Å². The van der Waals surface area contributed by atoms with E-state index in [-0.39, 0.29) is 11.8 Å². The van der Waals surface area contributed by atoms with E-state index >= 15 is 0 Å². The molecule has 0 unspecified atom stereocenters. The molecule has 0 aliphatic rings. The number of aryl methyl sites for hydroxylation is 1. The van der Waals surface area contributed by atoms with Gasteiger partial charge in [-0.1, -0.05) is 76.2 Å². The molecule has 5 nitrogen and oxygen atoms in total. The van der Waals surface area contributed by atoms with Crippen molar-refractivity contribution in [1.29, 1.82) is 0 Å². The highest BCUT2D eigenvalue weighted by molar-refractivity contribution is 6.08. The standard InChI is InChI=1S/C40H34N4O/c1-23(2)31-19-29(28-16-15-26-10-6-7-11-27(26)18-28)20-32(24(3)4)37(31)44-36-13-9-8-12-35(36)43-39(44)34-22-41-21-33-30-17-14-25(5)42-40(30)45-38(33)34/h6-24H,1-5H3. The number of para-hydroxylation sites is 2. The van der Waals surface area contributed by atoms with Crippen LogP contribution in [0.5, 0.6) is 0 Å². The quantitative estimate of drug-likeness (QED) is 0.201. The predicted octanol–water partition coefficient (Wildman–Crippen LogP) is 10.8. The molecule has 4 heterocycles. The van der Waals surface area contributed by atoms with Gasteiger partial charge in [-0.2, -0.15) is 0 Å². The van der Waals surface area contributed by atoms with Crippen molar-refractivity contribution in [2.24, 2.45) is 0 Å². The second kappa shape index (κ2) is 10.4. The van der Waals surface area contributed by atoms with Gasteiger partial charge in [0.1, 0.15) is 0 Å². The maximum Gasteiger partial charge on any atom is 0.227 e. The highest BCUT2D eigenvalue weighted by Gasteiger charge is 2.25. The molecule has 0 bridgehead atoms. The Morgan fingerprint density at radius 3 is 2.18 bits per heavy atom. The molecule has 0 spiro atoms. The summed E-state index contributed by atoms with van der Waals surface area (Å²) in [4.78, 5) is 14.6. The molecule has 8 rings (SSSR count). The van der Waals surface area contributed by atoms with E-state index in [9.17, 15) is 0 Å². The van der Waals surface area contributed by atoms with E-state index in [0.29, 0.717) is 5.71 Å².